The van der Waals surface area contributed by atoms with E-state index in [1.54, 1.807) is 6.07 Å². The Kier molecular flexibility index (Phi) is 3.81. The molecule has 3 aromatic heterocycles. The van der Waals surface area contributed by atoms with Crippen molar-refractivity contribution in [3.05, 3.63) is 76.7 Å². The van der Waals surface area contributed by atoms with Gasteiger partial charge in [-0.1, -0.05) is 36.4 Å². The summed E-state index contributed by atoms with van der Waals surface area (Å²) in [6.45, 7) is 0.612. The largest absolute Gasteiger partial charge is 0.389 e. The number of aliphatic hydroxyl groups excluding tert-OH is 1. The van der Waals surface area contributed by atoms with Gasteiger partial charge in [-0.15, -0.1) is 11.3 Å². The summed E-state index contributed by atoms with van der Waals surface area (Å²) in [5.74, 6) is 0. The summed E-state index contributed by atoms with van der Waals surface area (Å²) >= 11 is 1.44. The van der Waals surface area contributed by atoms with Crippen molar-refractivity contribution in [1.82, 2.24) is 14.1 Å². The average Bonchev–Trinajstić information content (AvgIpc) is 3.29. The van der Waals surface area contributed by atoms with Crippen LogP contribution in [0.1, 0.15) is 0 Å². The number of benzene rings is 2. The number of hydrogen-bond acceptors (Lipinski definition) is 4. The number of rotatable bonds is 4. The van der Waals surface area contributed by atoms with Gasteiger partial charge in [-0.25, -0.2) is 4.98 Å². The van der Waals surface area contributed by atoms with Crippen LogP contribution >= 0.6 is 11.3 Å². The van der Waals surface area contributed by atoms with Gasteiger partial charge in [-0.2, -0.15) is 0 Å². The van der Waals surface area contributed by atoms with E-state index in [0.717, 1.165) is 15.9 Å². The normalized spacial score (nSPS) is 12.9. The fourth-order valence-electron chi connectivity index (χ4n) is 3.72. The minimum Gasteiger partial charge on any atom is -0.389 e. The zero-order valence-corrected chi connectivity index (χ0v) is 15.3. The van der Waals surface area contributed by atoms with E-state index in [2.05, 4.69) is 33.8 Å². The Morgan fingerprint density at radius 3 is 2.30 bits per heavy atom. The molecule has 1 atom stereocenters. The third kappa shape index (κ3) is 2.65. The summed E-state index contributed by atoms with van der Waals surface area (Å²) in [6.07, 6.45) is 0.816. The monoisotopic (exact) mass is 375 g/mol. The van der Waals surface area contributed by atoms with E-state index in [1.165, 1.54) is 33.0 Å². The zero-order valence-electron chi connectivity index (χ0n) is 14.4. The van der Waals surface area contributed by atoms with Crippen LogP contribution in [0.5, 0.6) is 0 Å². The van der Waals surface area contributed by atoms with Crippen molar-refractivity contribution >= 4 is 43.4 Å². The minimum absolute atomic E-state index is 0.109. The van der Waals surface area contributed by atoms with E-state index in [-0.39, 0.29) is 12.1 Å². The quantitative estimate of drug-likeness (QED) is 0.522. The molecule has 134 valence electrons. The van der Waals surface area contributed by atoms with Gasteiger partial charge in [0.25, 0.3) is 5.56 Å². The molecule has 2 aromatic carbocycles. The molecule has 3 heterocycles. The van der Waals surface area contributed by atoms with Gasteiger partial charge in [-0.05, 0) is 23.6 Å². The summed E-state index contributed by atoms with van der Waals surface area (Å²) < 4.78 is 3.62. The van der Waals surface area contributed by atoms with E-state index in [0.29, 0.717) is 11.9 Å². The standard InChI is InChI=1S/C21H17N3O2S/c25-14(11-23-13-22-20-17(21(23)26)9-10-27-20)12-24-18-7-3-1-5-15(18)16-6-2-4-8-19(16)24/h1-10,13-14,25H,11-12H2. The van der Waals surface area contributed by atoms with Crippen molar-refractivity contribution in [3.8, 4) is 0 Å². The average molecular weight is 375 g/mol. The lowest BCUT2D eigenvalue weighted by molar-refractivity contribution is 0.136. The number of aromatic nitrogens is 3. The summed E-state index contributed by atoms with van der Waals surface area (Å²) in [6, 6.07) is 18.2. The van der Waals surface area contributed by atoms with Gasteiger partial charge in [0.2, 0.25) is 0 Å². The predicted octanol–water partition coefficient (Wildman–Crippen LogP) is 3.63. The fraction of sp³-hybridized carbons (Fsp3) is 0.143. The van der Waals surface area contributed by atoms with Crippen LogP contribution in [0.2, 0.25) is 0 Å². The molecule has 27 heavy (non-hydrogen) atoms. The Balaban J connectivity index is 1.52. The lowest BCUT2D eigenvalue weighted by Crippen LogP contribution is -2.29. The smallest absolute Gasteiger partial charge is 0.262 e. The van der Waals surface area contributed by atoms with Crippen LogP contribution in [0.4, 0.5) is 0 Å². The van der Waals surface area contributed by atoms with Gasteiger partial charge in [-0.3, -0.25) is 9.36 Å². The maximum Gasteiger partial charge on any atom is 0.262 e. The number of fused-ring (bicyclic) bond motifs is 4. The Hall–Kier alpha value is -2.96. The van der Waals surface area contributed by atoms with Gasteiger partial charge in [0, 0.05) is 21.8 Å². The predicted molar refractivity (Wildman–Crippen MR) is 109 cm³/mol. The molecule has 0 radical (unpaired) electrons. The molecule has 0 fully saturated rings. The number of para-hydroxylation sites is 2. The van der Waals surface area contributed by atoms with Crippen LogP contribution in [0.3, 0.4) is 0 Å². The van der Waals surface area contributed by atoms with Crippen LogP contribution in [0.25, 0.3) is 32.0 Å². The van der Waals surface area contributed by atoms with Crippen LogP contribution < -0.4 is 5.56 Å². The molecule has 5 nitrogen and oxygen atoms in total. The molecule has 0 saturated carbocycles. The zero-order chi connectivity index (χ0) is 18.4. The van der Waals surface area contributed by atoms with Crippen molar-refractivity contribution in [1.29, 1.82) is 0 Å². The number of nitrogens with zero attached hydrogens (tertiary/aromatic N) is 3. The van der Waals surface area contributed by atoms with Gasteiger partial charge in [0.1, 0.15) is 4.83 Å². The molecule has 5 rings (SSSR count). The second-order valence-electron chi connectivity index (χ2n) is 6.64. The SMILES string of the molecule is O=c1c2ccsc2ncn1CC(O)Cn1c2ccccc2c2ccccc21. The van der Waals surface area contributed by atoms with E-state index in [1.807, 2.05) is 29.6 Å². The molecule has 0 aliphatic carbocycles. The van der Waals surface area contributed by atoms with E-state index in [9.17, 15) is 9.90 Å². The van der Waals surface area contributed by atoms with Crippen molar-refractivity contribution in [2.75, 3.05) is 0 Å². The van der Waals surface area contributed by atoms with Crippen molar-refractivity contribution in [3.63, 3.8) is 0 Å². The maximum atomic E-state index is 12.6. The molecule has 6 heteroatoms. The molecule has 5 aromatic rings. The van der Waals surface area contributed by atoms with E-state index < -0.39 is 6.10 Å². The first-order chi connectivity index (χ1) is 13.2. The molecule has 0 aliphatic heterocycles. The molecule has 0 spiro atoms. The molecular weight excluding hydrogens is 358 g/mol. The van der Waals surface area contributed by atoms with Crippen LogP contribution in [0.15, 0.2) is 71.1 Å². The Labute approximate surface area is 158 Å². The second-order valence-corrected chi connectivity index (χ2v) is 7.53. The molecule has 0 aliphatic rings. The van der Waals surface area contributed by atoms with Crippen LogP contribution in [-0.4, -0.2) is 25.3 Å². The molecule has 0 saturated heterocycles. The number of thiophene rings is 1. The number of hydrogen-bond donors (Lipinski definition) is 1. The fourth-order valence-corrected chi connectivity index (χ4v) is 4.44. The van der Waals surface area contributed by atoms with Gasteiger partial charge in [0.15, 0.2) is 0 Å². The maximum absolute atomic E-state index is 12.6. The highest BCUT2D eigenvalue weighted by Crippen LogP contribution is 2.28. The third-order valence-corrected chi connectivity index (χ3v) is 5.75. The summed E-state index contributed by atoms with van der Waals surface area (Å²) in [5.41, 5.74) is 2.05. The molecule has 1 N–H and O–H groups in total. The van der Waals surface area contributed by atoms with Crippen molar-refractivity contribution in [2.24, 2.45) is 0 Å². The summed E-state index contributed by atoms with van der Waals surface area (Å²) in [5, 5.41) is 15.5. The topological polar surface area (TPSA) is 60.1 Å². The Morgan fingerprint density at radius 2 is 1.59 bits per heavy atom. The first-order valence-corrected chi connectivity index (χ1v) is 9.67. The Bertz CT molecular complexity index is 1280. The molecule has 0 bridgehead atoms. The first-order valence-electron chi connectivity index (χ1n) is 8.79. The highest BCUT2D eigenvalue weighted by Gasteiger charge is 2.15. The lowest BCUT2D eigenvalue weighted by Gasteiger charge is -2.15. The molecular formula is C21H17N3O2S. The lowest BCUT2D eigenvalue weighted by atomic mass is 10.2. The van der Waals surface area contributed by atoms with Gasteiger partial charge in [0.05, 0.1) is 30.9 Å². The highest BCUT2D eigenvalue weighted by molar-refractivity contribution is 7.16. The third-order valence-electron chi connectivity index (χ3n) is 4.93. The number of aliphatic hydroxyl groups is 1. The molecule has 0 amide bonds. The van der Waals surface area contributed by atoms with Gasteiger partial charge >= 0.3 is 0 Å². The Morgan fingerprint density at radius 1 is 0.926 bits per heavy atom. The van der Waals surface area contributed by atoms with Gasteiger partial charge < -0.3 is 9.67 Å². The summed E-state index contributed by atoms with van der Waals surface area (Å²) in [7, 11) is 0. The van der Waals surface area contributed by atoms with E-state index in [4.69, 9.17) is 0 Å². The summed E-state index contributed by atoms with van der Waals surface area (Å²) in [4.78, 5) is 17.6. The first kappa shape index (κ1) is 16.2. The van der Waals surface area contributed by atoms with Crippen molar-refractivity contribution < 1.29 is 5.11 Å². The van der Waals surface area contributed by atoms with E-state index >= 15 is 0 Å². The van der Waals surface area contributed by atoms with Crippen molar-refractivity contribution in [2.45, 2.75) is 19.2 Å². The minimum atomic E-state index is -0.709. The van der Waals surface area contributed by atoms with Crippen LogP contribution in [-0.2, 0) is 13.1 Å². The highest BCUT2D eigenvalue weighted by atomic mass is 32.1. The van der Waals surface area contributed by atoms with Crippen LogP contribution in [0, 0.1) is 0 Å². The molecule has 1 unspecified atom stereocenters. The second kappa shape index (κ2) is 6.33.